The Hall–Kier alpha value is -1.29. The fourth-order valence-corrected chi connectivity index (χ4v) is 8.83. The number of halogens is 2. The summed E-state index contributed by atoms with van der Waals surface area (Å²) < 4.78 is 4.50. The van der Waals surface area contributed by atoms with Crippen LogP contribution in [0.1, 0.15) is 13.3 Å². The second kappa shape index (κ2) is 8.33. The van der Waals surface area contributed by atoms with Crippen LogP contribution in [0.3, 0.4) is 0 Å². The average molecular weight is 518 g/mol. The van der Waals surface area contributed by atoms with E-state index in [1.807, 2.05) is 0 Å². The van der Waals surface area contributed by atoms with Crippen molar-refractivity contribution in [3.63, 3.8) is 0 Å². The van der Waals surface area contributed by atoms with Gasteiger partial charge >= 0.3 is 5.97 Å². The van der Waals surface area contributed by atoms with Crippen LogP contribution < -0.4 is 5.32 Å². The lowest BCUT2D eigenvalue weighted by Gasteiger charge is -2.35. The first-order valence-corrected chi connectivity index (χ1v) is 12.0. The second-order valence-corrected chi connectivity index (χ2v) is 10.8. The largest absolute Gasteiger partial charge is 0.466 e. The number of hydrogen-bond donors (Lipinski definition) is 2. The van der Waals surface area contributed by atoms with E-state index in [1.165, 1.54) is 16.7 Å². The molecule has 3 fully saturated rings. The standard InChI is InChI=1S/C20H22BrClN2O5S/c1-2-29-19(28)13-14-18(27)24(7-8-25)16(20(14)9-10(21)15(13)30-20)17(26)23-12-6-4-3-5-11(12)22/h3-6,10,13-16,25H,2,7-9H2,1H3,(H,23,26)/t10?,13-,14-,15-,16?,20?/m0/s1. The van der Waals surface area contributed by atoms with Crippen LogP contribution in [-0.2, 0) is 19.1 Å². The lowest BCUT2D eigenvalue weighted by Crippen LogP contribution is -2.52. The topological polar surface area (TPSA) is 95.9 Å². The molecule has 10 heteroatoms. The summed E-state index contributed by atoms with van der Waals surface area (Å²) in [6.45, 7) is 1.70. The van der Waals surface area contributed by atoms with Crippen molar-refractivity contribution in [3.8, 4) is 0 Å². The molecule has 3 saturated heterocycles. The fourth-order valence-electron chi connectivity index (χ4n) is 5.05. The summed E-state index contributed by atoms with van der Waals surface area (Å²) >= 11 is 11.4. The van der Waals surface area contributed by atoms with Crippen molar-refractivity contribution in [2.24, 2.45) is 11.8 Å². The monoisotopic (exact) mass is 516 g/mol. The van der Waals surface area contributed by atoms with Crippen LogP contribution in [0, 0.1) is 11.8 Å². The first kappa shape index (κ1) is 21.9. The highest BCUT2D eigenvalue weighted by molar-refractivity contribution is 9.09. The summed E-state index contributed by atoms with van der Waals surface area (Å²) in [7, 11) is 0. The van der Waals surface area contributed by atoms with Crippen LogP contribution in [-0.4, -0.2) is 68.4 Å². The van der Waals surface area contributed by atoms with Crippen molar-refractivity contribution < 1.29 is 24.2 Å². The van der Waals surface area contributed by atoms with Gasteiger partial charge in [0.2, 0.25) is 11.8 Å². The third kappa shape index (κ3) is 3.25. The maximum absolute atomic E-state index is 13.4. The Balaban J connectivity index is 1.72. The van der Waals surface area contributed by atoms with Crippen LogP contribution in [0.4, 0.5) is 5.69 Å². The maximum atomic E-state index is 13.4. The van der Waals surface area contributed by atoms with Gasteiger partial charge in [-0.15, -0.1) is 11.8 Å². The number of nitrogens with one attached hydrogen (secondary N) is 1. The number of carbonyl (C=O) groups is 3. The molecule has 2 amide bonds. The minimum atomic E-state index is -0.826. The zero-order valence-electron chi connectivity index (χ0n) is 16.2. The van der Waals surface area contributed by atoms with Gasteiger partial charge in [0.15, 0.2) is 0 Å². The molecule has 6 atom stereocenters. The normalized spacial score (nSPS) is 34.2. The van der Waals surface area contributed by atoms with E-state index in [0.717, 1.165) is 0 Å². The Bertz CT molecular complexity index is 889. The first-order valence-electron chi connectivity index (χ1n) is 9.81. The fraction of sp³-hybridized carbons (Fsp3) is 0.550. The van der Waals surface area contributed by atoms with Crippen LogP contribution in [0.25, 0.3) is 0 Å². The van der Waals surface area contributed by atoms with Crippen molar-refractivity contribution in [2.75, 3.05) is 25.1 Å². The number of nitrogens with zero attached hydrogens (tertiary/aromatic N) is 1. The summed E-state index contributed by atoms with van der Waals surface area (Å²) in [6.07, 6.45) is 0.567. The molecule has 162 valence electrons. The van der Waals surface area contributed by atoms with Crippen molar-refractivity contribution in [3.05, 3.63) is 29.3 Å². The van der Waals surface area contributed by atoms with Gasteiger partial charge in [-0.1, -0.05) is 39.7 Å². The molecule has 4 rings (SSSR count). The Kier molecular flexibility index (Phi) is 6.09. The Morgan fingerprint density at radius 3 is 2.83 bits per heavy atom. The number of esters is 1. The number of hydrogen-bond acceptors (Lipinski definition) is 6. The summed E-state index contributed by atoms with van der Waals surface area (Å²) in [5.74, 6) is -2.34. The number of benzene rings is 1. The van der Waals surface area contributed by atoms with Gasteiger partial charge in [0.25, 0.3) is 0 Å². The SMILES string of the molecule is CCOC(=O)[C@H]1[C@H]2C(=O)N(CCO)C(C(=O)Nc3ccccc3Cl)C23CC(Br)[C@@H]1S3. The molecule has 7 nitrogen and oxygen atoms in total. The van der Waals surface area contributed by atoms with E-state index in [1.54, 1.807) is 31.2 Å². The van der Waals surface area contributed by atoms with Gasteiger partial charge in [-0.05, 0) is 25.5 Å². The van der Waals surface area contributed by atoms with Gasteiger partial charge in [-0.25, -0.2) is 0 Å². The number of anilines is 1. The van der Waals surface area contributed by atoms with Crippen LogP contribution in [0.5, 0.6) is 0 Å². The molecule has 0 radical (unpaired) electrons. The zero-order valence-corrected chi connectivity index (χ0v) is 19.4. The third-order valence-electron chi connectivity index (χ3n) is 6.07. The van der Waals surface area contributed by atoms with Crippen LogP contribution in [0.15, 0.2) is 24.3 Å². The predicted octanol–water partition coefficient (Wildman–Crippen LogP) is 2.30. The first-order chi connectivity index (χ1) is 14.4. The van der Waals surface area contributed by atoms with Crippen LogP contribution in [0.2, 0.25) is 5.02 Å². The molecule has 30 heavy (non-hydrogen) atoms. The number of aliphatic hydroxyl groups is 1. The van der Waals surface area contributed by atoms with Gasteiger partial charge in [0.05, 0.1) is 40.5 Å². The minimum Gasteiger partial charge on any atom is -0.466 e. The minimum absolute atomic E-state index is 0.0193. The number of para-hydroxylation sites is 1. The molecule has 0 aromatic heterocycles. The summed E-state index contributed by atoms with van der Waals surface area (Å²) in [5, 5.41) is 12.7. The van der Waals surface area contributed by atoms with Gasteiger partial charge in [-0.3, -0.25) is 14.4 Å². The number of thioether (sulfide) groups is 1. The smallest absolute Gasteiger partial charge is 0.310 e. The van der Waals surface area contributed by atoms with E-state index in [4.69, 9.17) is 16.3 Å². The van der Waals surface area contributed by atoms with E-state index >= 15 is 0 Å². The number of β-amino-alcohol motifs (C(OH)–C–C–N with tert-alkyl or cyclic N) is 1. The number of fused-ring (bicyclic) bond motifs is 1. The van der Waals surface area contributed by atoms with E-state index in [-0.39, 0.29) is 41.6 Å². The zero-order chi connectivity index (χ0) is 21.6. The highest BCUT2D eigenvalue weighted by Gasteiger charge is 2.75. The highest BCUT2D eigenvalue weighted by Crippen LogP contribution is 2.67. The summed E-state index contributed by atoms with van der Waals surface area (Å²) in [4.78, 5) is 41.0. The molecule has 1 spiro atoms. The number of carbonyl (C=O) groups excluding carboxylic acids is 3. The molecule has 3 aliphatic rings. The molecule has 0 aliphatic carbocycles. The maximum Gasteiger partial charge on any atom is 0.310 e. The lowest BCUT2D eigenvalue weighted by atomic mass is 9.71. The Morgan fingerprint density at radius 2 is 2.17 bits per heavy atom. The predicted molar refractivity (Wildman–Crippen MR) is 118 cm³/mol. The molecular weight excluding hydrogens is 496 g/mol. The van der Waals surface area contributed by atoms with Crippen molar-refractivity contribution in [1.82, 2.24) is 4.90 Å². The van der Waals surface area contributed by atoms with Gasteiger partial charge in [0, 0.05) is 16.6 Å². The number of amides is 2. The van der Waals surface area contributed by atoms with Gasteiger partial charge in [0.1, 0.15) is 6.04 Å². The molecule has 3 unspecified atom stereocenters. The summed E-state index contributed by atoms with van der Waals surface area (Å²) in [5.41, 5.74) is 0.454. The highest BCUT2D eigenvalue weighted by atomic mass is 79.9. The second-order valence-electron chi connectivity index (χ2n) is 7.64. The van der Waals surface area contributed by atoms with Crippen molar-refractivity contribution in [2.45, 2.75) is 34.2 Å². The van der Waals surface area contributed by atoms with Crippen molar-refractivity contribution in [1.29, 1.82) is 0 Å². The molecule has 3 heterocycles. The lowest BCUT2D eigenvalue weighted by molar-refractivity contribution is -0.153. The Labute approximate surface area is 192 Å². The van der Waals surface area contributed by atoms with E-state index in [9.17, 15) is 19.5 Å². The number of likely N-dealkylation sites (tertiary alicyclic amines) is 1. The molecule has 2 bridgehead atoms. The van der Waals surface area contributed by atoms with Crippen molar-refractivity contribution >= 4 is 62.8 Å². The quantitative estimate of drug-likeness (QED) is 0.444. The number of alkyl halides is 1. The average Bonchev–Trinajstić information content (AvgIpc) is 3.28. The molecular formula is C20H22BrClN2O5S. The number of aliphatic hydroxyl groups excluding tert-OH is 1. The van der Waals surface area contributed by atoms with Crippen LogP contribution >= 0.6 is 39.3 Å². The van der Waals surface area contributed by atoms with Gasteiger partial charge < -0.3 is 20.1 Å². The molecule has 1 aromatic rings. The molecule has 0 saturated carbocycles. The van der Waals surface area contributed by atoms with E-state index < -0.39 is 28.6 Å². The molecule has 3 aliphatic heterocycles. The molecule has 2 N–H and O–H groups in total. The van der Waals surface area contributed by atoms with E-state index in [2.05, 4.69) is 21.2 Å². The van der Waals surface area contributed by atoms with E-state index in [0.29, 0.717) is 17.1 Å². The third-order valence-corrected chi connectivity index (χ3v) is 9.62. The molecule has 1 aromatic carbocycles. The van der Waals surface area contributed by atoms with Gasteiger partial charge in [-0.2, -0.15) is 0 Å². The Morgan fingerprint density at radius 1 is 1.43 bits per heavy atom. The number of ether oxygens (including phenoxy) is 1. The number of rotatable bonds is 6. The summed E-state index contributed by atoms with van der Waals surface area (Å²) in [6, 6.07) is 6.06.